The number of imidazole rings is 3. The van der Waals surface area contributed by atoms with E-state index in [1.54, 1.807) is 46.3 Å². The maximum Gasteiger partial charge on any atom is 0.407 e. The van der Waals surface area contributed by atoms with Gasteiger partial charge in [-0.3, -0.25) is 14.6 Å². The monoisotopic (exact) mass is 1300 g/mol. The third-order valence-corrected chi connectivity index (χ3v) is 17.9. The first-order chi connectivity index (χ1) is 44.6. The molecule has 5 aliphatic rings. The topological polar surface area (TPSA) is 228 Å². The van der Waals surface area contributed by atoms with E-state index in [-0.39, 0.29) is 49.9 Å². The van der Waals surface area contributed by atoms with Crippen molar-refractivity contribution in [3.05, 3.63) is 145 Å². The molecule has 3 saturated heterocycles. The summed E-state index contributed by atoms with van der Waals surface area (Å²) >= 11 is 0. The van der Waals surface area contributed by atoms with E-state index in [1.165, 1.54) is 6.20 Å². The van der Waals surface area contributed by atoms with Gasteiger partial charge in [-0.05, 0) is 68.3 Å². The van der Waals surface area contributed by atoms with Crippen molar-refractivity contribution in [3.63, 3.8) is 0 Å². The summed E-state index contributed by atoms with van der Waals surface area (Å²) in [7, 11) is 2.32. The SMILES string of the molecule is COC(=O)N[C@H](C(=O)N1CC(F)(F)C[C@H]1C1=NC=C(c2ccc(-c3ccc(-c4cnc([C@@H]5CC(F)(F)CN5C(=O)[C@@H](NC(=O)OC)C(C)C)[nH]4)cc3)cc2)C1)C(C)C.FC1(F)CC[C@H](c2ncc(-c3ccc(-c4ccc(-c5cnc([C@@H]6CC(F)(F)CN6)[nH]5)cc4)cc3)[nH]2)C1. The molecule has 7 aromatic rings. The number of carbonyl (C=O) groups is 4. The highest BCUT2D eigenvalue weighted by molar-refractivity contribution is 6.04. The number of nitrogens with one attached hydrogen (secondary N) is 6. The first-order valence-electron chi connectivity index (χ1n) is 31.0. The van der Waals surface area contributed by atoms with Crippen LogP contribution in [-0.4, -0.2) is 145 Å². The lowest BCUT2D eigenvalue weighted by Gasteiger charge is -2.30. The van der Waals surface area contributed by atoms with Gasteiger partial charge in [-0.1, -0.05) is 125 Å². The van der Waals surface area contributed by atoms with Crippen molar-refractivity contribution in [1.29, 1.82) is 0 Å². The lowest BCUT2D eigenvalue weighted by Crippen LogP contribution is -2.54. The highest BCUT2D eigenvalue weighted by Crippen LogP contribution is 2.45. The van der Waals surface area contributed by atoms with Gasteiger partial charge in [0.05, 0.1) is 87.7 Å². The lowest BCUT2D eigenvalue weighted by atomic mass is 9.95. The molecule has 496 valence electrons. The first kappa shape index (κ1) is 66.3. The average Bonchev–Trinajstić information content (AvgIpc) is 1.63. The molecular weight excluding hydrogens is 1230 g/mol. The third kappa shape index (κ3) is 14.9. The van der Waals surface area contributed by atoms with Gasteiger partial charge in [0.1, 0.15) is 29.6 Å². The van der Waals surface area contributed by atoms with Crippen LogP contribution >= 0.6 is 0 Å². The Kier molecular flexibility index (Phi) is 18.8. The Balaban J connectivity index is 0.000000213. The van der Waals surface area contributed by atoms with Gasteiger partial charge in [0.25, 0.3) is 17.8 Å². The summed E-state index contributed by atoms with van der Waals surface area (Å²) in [6, 6.07) is 26.5. The standard InChI is InChI=1S/C41H47F4N7O6.C27H25F4N5/c1-22(2)33(49-38(55)57-5)36(53)51-20-40(42,43)16-31(51)29-15-28(18-46-29)26-9-7-24(8-10-26)25-11-13-27(14-12-25)30-19-47-35(48-30)32-17-41(44,45)21-52(32)37(54)34(23(3)4)50-39(56)58-6;28-26(29)10-9-20(11-26)24-32-13-22(35-24)18-5-1-16(2-6-18)17-3-7-19(8-4-17)23-14-33-25(36-23)21-12-27(30,31)15-34-21/h7-14,18-19,22-23,31-34H,15-17,20-21H2,1-6H3,(H,47,48)(H,49,55)(H,50,56);1-8,13-14,20-21,34H,9-12,15H2,(H,32,35)(H,33,36)/t31-,32-,33-,34-;20-,21-/m00/s1. The van der Waals surface area contributed by atoms with Crippen molar-refractivity contribution in [3.8, 4) is 56.0 Å². The highest BCUT2D eigenvalue weighted by Gasteiger charge is 2.52. The Labute approximate surface area is 536 Å². The largest absolute Gasteiger partial charge is 0.453 e. The number of amides is 4. The number of alkyl halides is 8. The predicted octanol–water partition coefficient (Wildman–Crippen LogP) is 13.5. The Hall–Kier alpha value is -9.20. The smallest absolute Gasteiger partial charge is 0.407 e. The molecule has 94 heavy (non-hydrogen) atoms. The summed E-state index contributed by atoms with van der Waals surface area (Å²) in [6.45, 7) is 4.90. The van der Waals surface area contributed by atoms with Crippen LogP contribution in [0.2, 0.25) is 0 Å². The average molecular weight is 1310 g/mol. The number of benzene rings is 4. The molecule has 0 bridgehead atoms. The normalized spacial score (nSPS) is 21.5. The van der Waals surface area contributed by atoms with Crippen molar-refractivity contribution >= 4 is 35.3 Å². The summed E-state index contributed by atoms with van der Waals surface area (Å²) in [5.41, 5.74) is 10.7. The van der Waals surface area contributed by atoms with Gasteiger partial charge in [0, 0.05) is 56.4 Å². The number of methoxy groups -OCH3 is 2. The molecule has 0 radical (unpaired) electrons. The van der Waals surface area contributed by atoms with Gasteiger partial charge >= 0.3 is 12.2 Å². The molecule has 18 nitrogen and oxygen atoms in total. The molecule has 1 saturated carbocycles. The molecular formula is C68H72F8N12O6. The number of nitrogens with zero attached hydrogens (tertiary/aromatic N) is 6. The van der Waals surface area contributed by atoms with Gasteiger partial charge in [-0.25, -0.2) is 59.7 Å². The second-order valence-corrected chi connectivity index (χ2v) is 25.4. The van der Waals surface area contributed by atoms with Gasteiger partial charge < -0.3 is 50.2 Å². The summed E-state index contributed by atoms with van der Waals surface area (Å²) in [4.78, 5) is 80.0. The van der Waals surface area contributed by atoms with Crippen LogP contribution in [0, 0.1) is 11.8 Å². The maximum atomic E-state index is 14.8. The van der Waals surface area contributed by atoms with E-state index in [9.17, 15) is 54.3 Å². The zero-order valence-electron chi connectivity index (χ0n) is 52.4. The molecule has 3 aromatic heterocycles. The number of H-pyrrole nitrogens is 3. The predicted molar refractivity (Wildman–Crippen MR) is 336 cm³/mol. The number of halogens is 8. The number of hydrogen-bond donors (Lipinski definition) is 6. The van der Waals surface area contributed by atoms with E-state index in [0.29, 0.717) is 29.5 Å². The minimum absolute atomic E-state index is 0.0840. The van der Waals surface area contributed by atoms with E-state index in [2.05, 4.69) is 60.3 Å². The second-order valence-electron chi connectivity index (χ2n) is 25.4. The van der Waals surface area contributed by atoms with Gasteiger partial charge in [-0.15, -0.1) is 0 Å². The second kappa shape index (κ2) is 26.7. The van der Waals surface area contributed by atoms with Gasteiger partial charge in [0.2, 0.25) is 17.7 Å². The van der Waals surface area contributed by atoms with Crippen molar-refractivity contribution in [2.45, 2.75) is 132 Å². The molecule has 4 amide bonds. The maximum absolute atomic E-state index is 14.8. The summed E-state index contributed by atoms with van der Waals surface area (Å²) in [5.74, 6) is -12.5. The van der Waals surface area contributed by atoms with E-state index in [1.807, 2.05) is 97.1 Å². The number of rotatable bonds is 16. The highest BCUT2D eigenvalue weighted by atomic mass is 19.3. The molecule has 6 atom stereocenters. The van der Waals surface area contributed by atoms with Crippen LogP contribution < -0.4 is 16.0 Å². The number of aliphatic imine (C=N–C) groups is 1. The fourth-order valence-corrected chi connectivity index (χ4v) is 12.7. The van der Waals surface area contributed by atoms with Crippen LogP contribution in [0.25, 0.3) is 61.6 Å². The van der Waals surface area contributed by atoms with Crippen molar-refractivity contribution in [2.75, 3.05) is 33.9 Å². The van der Waals surface area contributed by atoms with Crippen LogP contribution in [-0.2, 0) is 19.1 Å². The van der Waals surface area contributed by atoms with Crippen LogP contribution in [0.15, 0.2) is 127 Å². The van der Waals surface area contributed by atoms with E-state index in [4.69, 9.17) is 0 Å². The summed E-state index contributed by atoms with van der Waals surface area (Å²) in [5, 5.41) is 7.74. The molecule has 0 unspecified atom stereocenters. The van der Waals surface area contributed by atoms with Gasteiger partial charge in [-0.2, -0.15) is 0 Å². The van der Waals surface area contributed by atoms with Crippen LogP contribution in [0.1, 0.15) is 114 Å². The van der Waals surface area contributed by atoms with Crippen molar-refractivity contribution < 1.29 is 63.8 Å². The zero-order chi connectivity index (χ0) is 67.0. The molecule has 4 aromatic carbocycles. The molecule has 12 rings (SSSR count). The fourth-order valence-electron chi connectivity index (χ4n) is 12.7. The molecule has 6 N–H and O–H groups in total. The summed E-state index contributed by atoms with van der Waals surface area (Å²) in [6.07, 6.45) is 3.90. The number of aromatic amines is 3. The molecule has 26 heteroatoms. The van der Waals surface area contributed by atoms with E-state index in [0.717, 1.165) is 85.5 Å². The van der Waals surface area contributed by atoms with Crippen LogP contribution in [0.3, 0.4) is 0 Å². The minimum atomic E-state index is -3.15. The number of carbonyl (C=O) groups excluding carboxylic acids is 4. The number of alkyl carbamates (subject to hydrolysis) is 2. The van der Waals surface area contributed by atoms with Crippen LogP contribution in [0.4, 0.5) is 44.7 Å². The first-order valence-corrected chi connectivity index (χ1v) is 31.0. The Morgan fingerprint density at radius 1 is 0.511 bits per heavy atom. The van der Waals surface area contributed by atoms with Crippen molar-refractivity contribution in [2.24, 2.45) is 16.8 Å². The number of ether oxygens (including phenoxy) is 2. The zero-order valence-corrected chi connectivity index (χ0v) is 52.4. The summed E-state index contributed by atoms with van der Waals surface area (Å²) < 4.78 is 122. The lowest BCUT2D eigenvalue weighted by molar-refractivity contribution is -0.137. The molecule has 0 spiro atoms. The fraction of sp³-hybridized carbons (Fsp3) is 0.412. The van der Waals surface area contributed by atoms with Crippen LogP contribution in [0.5, 0.6) is 0 Å². The molecule has 1 aliphatic carbocycles. The number of allylic oxidation sites excluding steroid dienone is 1. The number of aromatic nitrogens is 6. The van der Waals surface area contributed by atoms with E-state index >= 15 is 0 Å². The van der Waals surface area contributed by atoms with Gasteiger partial charge in [0.15, 0.2) is 0 Å². The third-order valence-electron chi connectivity index (χ3n) is 17.9. The van der Waals surface area contributed by atoms with E-state index < -0.39 is 110 Å². The number of hydrogen-bond acceptors (Lipinski definition) is 11. The molecule has 7 heterocycles. The Morgan fingerprint density at radius 3 is 1.34 bits per heavy atom. The Morgan fingerprint density at radius 2 is 0.915 bits per heavy atom. The number of likely N-dealkylation sites (tertiary alicyclic amines) is 2. The Bertz CT molecular complexity index is 3840. The quantitative estimate of drug-likeness (QED) is 0.0502. The molecule has 4 aliphatic heterocycles. The van der Waals surface area contributed by atoms with Crippen molar-refractivity contribution in [1.82, 2.24) is 55.7 Å². The minimum Gasteiger partial charge on any atom is -0.453 e. The molecule has 4 fully saturated rings.